The van der Waals surface area contributed by atoms with Gasteiger partial charge >= 0.3 is 5.97 Å². The second kappa shape index (κ2) is 7.89. The standard InChI is InChI=1S/C25H34O7/c1-23-12-19(28)22-17(18(23)8-9-25(23,32)20(29)13-26)7-6-15-11-16(27)10-14(24(15,22)2)4-3-5-21(30)31/h10-11,17-19,22,26,28,32H,3-9,12-13H2,1-2H3,(H,30,31)/t17-,18-,19-,22+,23-,24-,25-/m0/s1. The summed E-state index contributed by atoms with van der Waals surface area (Å²) in [5.41, 5.74) is -1.12. The van der Waals surface area contributed by atoms with Crippen molar-refractivity contribution in [3.05, 3.63) is 23.3 Å². The van der Waals surface area contributed by atoms with E-state index < -0.39 is 40.9 Å². The van der Waals surface area contributed by atoms with Crippen LogP contribution < -0.4 is 0 Å². The summed E-state index contributed by atoms with van der Waals surface area (Å²) in [7, 11) is 0. The van der Waals surface area contributed by atoms with Crippen molar-refractivity contribution in [2.45, 2.75) is 76.9 Å². The number of hydrogen-bond acceptors (Lipinski definition) is 6. The predicted molar refractivity (Wildman–Crippen MR) is 115 cm³/mol. The maximum absolute atomic E-state index is 12.5. The molecule has 0 aromatic rings. The Balaban J connectivity index is 1.71. The predicted octanol–water partition coefficient (Wildman–Crippen LogP) is 2.18. The summed E-state index contributed by atoms with van der Waals surface area (Å²) >= 11 is 0. The van der Waals surface area contributed by atoms with Crippen LogP contribution in [0, 0.1) is 28.6 Å². The zero-order valence-corrected chi connectivity index (χ0v) is 18.8. The fourth-order valence-electron chi connectivity index (χ4n) is 7.90. The summed E-state index contributed by atoms with van der Waals surface area (Å²) in [5, 5.41) is 41.4. The lowest BCUT2D eigenvalue weighted by molar-refractivity contribution is -0.179. The second-order valence-electron chi connectivity index (χ2n) is 10.7. The fraction of sp³-hybridized carbons (Fsp3) is 0.720. The lowest BCUT2D eigenvalue weighted by atomic mass is 9.44. The molecule has 0 bridgehead atoms. The topological polar surface area (TPSA) is 132 Å². The molecule has 0 amide bonds. The SMILES string of the molecule is C[C@]12C(CCCC(=O)O)=CC(=O)C=C1CC[C@@H]1[C@@H]2[C@@H](O)C[C@@]2(C)[C@H]1CC[C@]2(O)C(=O)CO. The molecule has 4 N–H and O–H groups in total. The Hall–Kier alpha value is -1.83. The number of carboxylic acids is 1. The second-order valence-corrected chi connectivity index (χ2v) is 10.7. The van der Waals surface area contributed by atoms with Crippen molar-refractivity contribution in [3.8, 4) is 0 Å². The van der Waals surface area contributed by atoms with Crippen LogP contribution in [0.2, 0.25) is 0 Å². The Bertz CT molecular complexity index is 904. The van der Waals surface area contributed by atoms with Gasteiger partial charge in [-0.3, -0.25) is 14.4 Å². The summed E-state index contributed by atoms with van der Waals surface area (Å²) in [6.45, 7) is 3.23. The molecule has 0 radical (unpaired) electrons. The van der Waals surface area contributed by atoms with E-state index in [4.69, 9.17) is 5.11 Å². The maximum atomic E-state index is 12.5. The third-order valence-electron chi connectivity index (χ3n) is 9.43. The summed E-state index contributed by atoms with van der Waals surface area (Å²) < 4.78 is 0. The number of carbonyl (C=O) groups is 3. The summed E-state index contributed by atoms with van der Waals surface area (Å²) in [6.07, 6.45) is 6.09. The molecule has 3 saturated carbocycles. The van der Waals surface area contributed by atoms with Crippen molar-refractivity contribution in [3.63, 3.8) is 0 Å². The minimum absolute atomic E-state index is 0.0210. The van der Waals surface area contributed by atoms with E-state index in [0.29, 0.717) is 25.7 Å². The summed E-state index contributed by atoms with van der Waals surface area (Å²) in [4.78, 5) is 36.0. The molecule has 4 aliphatic rings. The van der Waals surface area contributed by atoms with Gasteiger partial charge in [-0.15, -0.1) is 0 Å². The number of carbonyl (C=O) groups excluding carboxylic acids is 2. The lowest BCUT2D eigenvalue weighted by Crippen LogP contribution is -2.62. The first kappa shape index (κ1) is 23.3. The molecule has 7 atom stereocenters. The molecule has 4 aliphatic carbocycles. The first-order valence-electron chi connectivity index (χ1n) is 11.7. The third-order valence-corrected chi connectivity index (χ3v) is 9.43. The highest BCUT2D eigenvalue weighted by atomic mass is 16.4. The van der Waals surface area contributed by atoms with E-state index in [0.717, 1.165) is 17.6 Å². The van der Waals surface area contributed by atoms with Crippen LogP contribution in [0.1, 0.15) is 65.2 Å². The van der Waals surface area contributed by atoms with Crippen molar-refractivity contribution in [1.82, 2.24) is 0 Å². The number of aliphatic hydroxyl groups excluding tert-OH is 2. The van der Waals surface area contributed by atoms with Crippen LogP contribution in [0.15, 0.2) is 23.3 Å². The van der Waals surface area contributed by atoms with Gasteiger partial charge in [0, 0.05) is 23.2 Å². The summed E-state index contributed by atoms with van der Waals surface area (Å²) in [6, 6.07) is 0. The molecule has 0 unspecified atom stereocenters. The minimum Gasteiger partial charge on any atom is -0.481 e. The molecule has 7 nitrogen and oxygen atoms in total. The highest BCUT2D eigenvalue weighted by Crippen LogP contribution is 2.68. The Labute approximate surface area is 188 Å². The highest BCUT2D eigenvalue weighted by Gasteiger charge is 2.68. The van der Waals surface area contributed by atoms with Crippen LogP contribution in [0.3, 0.4) is 0 Å². The molecular formula is C25H34O7. The molecule has 3 fully saturated rings. The van der Waals surface area contributed by atoms with E-state index in [2.05, 4.69) is 6.92 Å². The Morgan fingerprint density at radius 2 is 1.91 bits per heavy atom. The molecule has 4 rings (SSSR count). The van der Waals surface area contributed by atoms with E-state index in [1.165, 1.54) is 0 Å². The van der Waals surface area contributed by atoms with E-state index in [1.807, 2.05) is 6.92 Å². The number of allylic oxidation sites excluding steroid dienone is 4. The number of ketones is 2. The Morgan fingerprint density at radius 1 is 1.19 bits per heavy atom. The van der Waals surface area contributed by atoms with Gasteiger partial charge in [0.1, 0.15) is 12.2 Å². The number of carboxylic acid groups (broad SMARTS) is 1. The minimum atomic E-state index is -1.64. The number of aliphatic hydroxyl groups is 3. The quantitative estimate of drug-likeness (QED) is 0.492. The van der Waals surface area contributed by atoms with Crippen molar-refractivity contribution in [2.24, 2.45) is 28.6 Å². The van der Waals surface area contributed by atoms with Crippen molar-refractivity contribution < 1.29 is 34.8 Å². The van der Waals surface area contributed by atoms with E-state index in [1.54, 1.807) is 12.2 Å². The molecule has 32 heavy (non-hydrogen) atoms. The van der Waals surface area contributed by atoms with Crippen LogP contribution in [-0.4, -0.2) is 56.3 Å². The lowest BCUT2D eigenvalue weighted by Gasteiger charge is -2.60. The molecule has 0 aromatic carbocycles. The average Bonchev–Trinajstić information content (AvgIpc) is 2.99. The monoisotopic (exact) mass is 446 g/mol. The Morgan fingerprint density at radius 3 is 2.56 bits per heavy atom. The molecule has 0 aliphatic heterocycles. The largest absolute Gasteiger partial charge is 0.481 e. The van der Waals surface area contributed by atoms with E-state index in [-0.39, 0.29) is 42.8 Å². The van der Waals surface area contributed by atoms with Crippen LogP contribution in [-0.2, 0) is 14.4 Å². The van der Waals surface area contributed by atoms with Gasteiger partial charge in [-0.05, 0) is 68.9 Å². The number of fused-ring (bicyclic) bond motifs is 5. The van der Waals surface area contributed by atoms with Crippen LogP contribution >= 0.6 is 0 Å². The zero-order valence-electron chi connectivity index (χ0n) is 18.8. The first-order valence-corrected chi connectivity index (χ1v) is 11.7. The van der Waals surface area contributed by atoms with Crippen molar-refractivity contribution in [2.75, 3.05) is 6.61 Å². The van der Waals surface area contributed by atoms with Crippen LogP contribution in [0.5, 0.6) is 0 Å². The van der Waals surface area contributed by atoms with Gasteiger partial charge < -0.3 is 20.4 Å². The molecule has 0 saturated heterocycles. The average molecular weight is 447 g/mol. The van der Waals surface area contributed by atoms with Crippen LogP contribution in [0.4, 0.5) is 0 Å². The molecule has 0 spiro atoms. The van der Waals surface area contributed by atoms with E-state index >= 15 is 0 Å². The smallest absolute Gasteiger partial charge is 0.303 e. The molecule has 0 aromatic heterocycles. The first-order chi connectivity index (χ1) is 15.0. The summed E-state index contributed by atoms with van der Waals surface area (Å²) in [5.74, 6) is -1.62. The zero-order chi connectivity index (χ0) is 23.5. The van der Waals surface area contributed by atoms with Gasteiger partial charge in [0.25, 0.3) is 0 Å². The highest BCUT2D eigenvalue weighted by molar-refractivity contribution is 6.02. The normalized spacial score (nSPS) is 43.0. The number of Topliss-reactive ketones (excluding diaryl/α,β-unsaturated/α-hetero) is 1. The number of hydrogen-bond donors (Lipinski definition) is 4. The Kier molecular flexibility index (Phi) is 5.75. The van der Waals surface area contributed by atoms with Gasteiger partial charge in [0.2, 0.25) is 0 Å². The molecule has 7 heteroatoms. The maximum Gasteiger partial charge on any atom is 0.303 e. The van der Waals surface area contributed by atoms with Gasteiger partial charge in [0.05, 0.1) is 6.10 Å². The van der Waals surface area contributed by atoms with Crippen molar-refractivity contribution in [1.29, 1.82) is 0 Å². The number of rotatable bonds is 6. The molecule has 0 heterocycles. The van der Waals surface area contributed by atoms with Crippen LogP contribution in [0.25, 0.3) is 0 Å². The van der Waals surface area contributed by atoms with Crippen molar-refractivity contribution >= 4 is 17.5 Å². The third kappa shape index (κ3) is 3.16. The molecular weight excluding hydrogens is 412 g/mol. The number of aliphatic carboxylic acids is 1. The molecule has 176 valence electrons. The van der Waals surface area contributed by atoms with Gasteiger partial charge in [-0.25, -0.2) is 0 Å². The van der Waals surface area contributed by atoms with Gasteiger partial charge in [0.15, 0.2) is 11.6 Å². The van der Waals surface area contributed by atoms with Gasteiger partial charge in [-0.1, -0.05) is 25.0 Å². The fourth-order valence-corrected chi connectivity index (χ4v) is 7.90. The van der Waals surface area contributed by atoms with Gasteiger partial charge in [-0.2, -0.15) is 0 Å². The van der Waals surface area contributed by atoms with E-state index in [9.17, 15) is 29.7 Å².